The van der Waals surface area contributed by atoms with E-state index in [1.165, 1.54) is 13.2 Å². The molecule has 30 heavy (non-hydrogen) atoms. The quantitative estimate of drug-likeness (QED) is 0.624. The van der Waals surface area contributed by atoms with Gasteiger partial charge in [-0.15, -0.1) is 0 Å². The maximum absolute atomic E-state index is 13.6. The van der Waals surface area contributed by atoms with Crippen molar-refractivity contribution in [2.75, 3.05) is 11.8 Å². The molecule has 6 nitrogen and oxygen atoms in total. The summed E-state index contributed by atoms with van der Waals surface area (Å²) in [6.45, 7) is 0. The van der Waals surface area contributed by atoms with Crippen molar-refractivity contribution >= 4 is 21.4 Å². The number of hydrogen-bond donors (Lipinski definition) is 2. The molecule has 0 fully saturated rings. The third-order valence-electron chi connectivity index (χ3n) is 4.86. The fraction of sp³-hybridized carbons (Fsp3) is 0.136. The van der Waals surface area contributed by atoms with Crippen molar-refractivity contribution in [1.82, 2.24) is 5.43 Å². The molecule has 0 saturated heterocycles. The van der Waals surface area contributed by atoms with Crippen LogP contribution in [0.5, 0.6) is 5.75 Å². The third-order valence-corrected chi connectivity index (χ3v) is 6.24. The number of hydrogen-bond acceptors (Lipinski definition) is 5. The predicted molar refractivity (Wildman–Crippen MR) is 114 cm³/mol. The summed E-state index contributed by atoms with van der Waals surface area (Å²) < 4.78 is 46.1. The van der Waals surface area contributed by atoms with Gasteiger partial charge in [-0.05, 0) is 35.4 Å². The summed E-state index contributed by atoms with van der Waals surface area (Å²) in [5.74, 6) is -0.756. The molecular weight excluding hydrogens is 405 g/mol. The van der Waals surface area contributed by atoms with Gasteiger partial charge in [0.2, 0.25) is 0 Å². The Labute approximate surface area is 174 Å². The highest BCUT2D eigenvalue weighted by atomic mass is 32.2. The van der Waals surface area contributed by atoms with Crippen molar-refractivity contribution in [2.45, 2.75) is 17.4 Å². The fourth-order valence-corrected chi connectivity index (χ4v) is 4.33. The van der Waals surface area contributed by atoms with E-state index in [4.69, 9.17) is 4.74 Å². The van der Waals surface area contributed by atoms with Crippen LogP contribution in [0.4, 0.5) is 10.1 Å². The molecule has 0 saturated carbocycles. The zero-order valence-corrected chi connectivity index (χ0v) is 17.0. The molecule has 1 atom stereocenters. The molecule has 8 heteroatoms. The van der Waals surface area contributed by atoms with Gasteiger partial charge in [0.05, 0.1) is 23.8 Å². The highest BCUT2D eigenvalue weighted by Gasteiger charge is 2.21. The monoisotopic (exact) mass is 425 g/mol. The zero-order valence-electron chi connectivity index (χ0n) is 16.2. The summed E-state index contributed by atoms with van der Waals surface area (Å²) in [4.78, 5) is -0.0834. The standard InChI is InChI=1S/C22H20FN3O3S/c1-29-22-13-18(11-12-19(22)23)30(27,28)26-17-9-7-16(8-10-17)21-14-20(24-25-21)15-5-3-2-4-6-15/h2-13,20,24,26H,14H2,1H3. The average Bonchev–Trinajstić information content (AvgIpc) is 3.25. The molecule has 2 N–H and O–H groups in total. The van der Waals surface area contributed by atoms with Crippen molar-refractivity contribution in [2.24, 2.45) is 5.10 Å². The van der Waals surface area contributed by atoms with Gasteiger partial charge in [-0.25, -0.2) is 12.8 Å². The first-order chi connectivity index (χ1) is 14.5. The third kappa shape index (κ3) is 4.13. The number of methoxy groups -OCH3 is 1. The highest BCUT2D eigenvalue weighted by molar-refractivity contribution is 7.92. The molecule has 3 aromatic rings. The van der Waals surface area contributed by atoms with E-state index in [-0.39, 0.29) is 16.7 Å². The summed E-state index contributed by atoms with van der Waals surface area (Å²) in [6.07, 6.45) is 0.741. The molecular formula is C22H20FN3O3S. The molecule has 154 valence electrons. The number of ether oxygens (including phenoxy) is 1. The molecule has 1 unspecified atom stereocenters. The van der Waals surface area contributed by atoms with E-state index in [1.807, 2.05) is 30.3 Å². The number of rotatable bonds is 6. The number of nitrogens with zero attached hydrogens (tertiary/aromatic N) is 1. The first-order valence-corrected chi connectivity index (χ1v) is 10.8. The molecule has 0 aromatic heterocycles. The summed E-state index contributed by atoms with van der Waals surface area (Å²) in [5.41, 5.74) is 6.52. The average molecular weight is 425 g/mol. The van der Waals surface area contributed by atoms with E-state index in [9.17, 15) is 12.8 Å². The van der Waals surface area contributed by atoms with Crippen LogP contribution in [0.3, 0.4) is 0 Å². The fourth-order valence-electron chi connectivity index (χ4n) is 3.25. The maximum atomic E-state index is 13.6. The van der Waals surface area contributed by atoms with Crippen LogP contribution in [0.1, 0.15) is 23.6 Å². The van der Waals surface area contributed by atoms with Crippen LogP contribution in [-0.2, 0) is 10.0 Å². The molecule has 1 aliphatic rings. The molecule has 1 aliphatic heterocycles. The lowest BCUT2D eigenvalue weighted by molar-refractivity contribution is 0.385. The lowest BCUT2D eigenvalue weighted by Crippen LogP contribution is -2.13. The summed E-state index contributed by atoms with van der Waals surface area (Å²) in [7, 11) is -2.60. The Kier molecular flexibility index (Phi) is 5.41. The maximum Gasteiger partial charge on any atom is 0.262 e. The molecule has 0 spiro atoms. The van der Waals surface area contributed by atoms with Gasteiger partial charge in [0, 0.05) is 18.2 Å². The Morgan fingerprint density at radius 1 is 1.07 bits per heavy atom. The van der Waals surface area contributed by atoms with E-state index in [2.05, 4.69) is 27.4 Å². The van der Waals surface area contributed by atoms with E-state index in [1.54, 1.807) is 12.1 Å². The Morgan fingerprint density at radius 3 is 2.50 bits per heavy atom. The van der Waals surface area contributed by atoms with Crippen molar-refractivity contribution in [1.29, 1.82) is 0 Å². The van der Waals surface area contributed by atoms with Crippen molar-refractivity contribution in [3.05, 3.63) is 89.7 Å². The Balaban J connectivity index is 1.46. The minimum Gasteiger partial charge on any atom is -0.494 e. The van der Waals surface area contributed by atoms with Crippen LogP contribution in [0, 0.1) is 5.82 Å². The van der Waals surface area contributed by atoms with Gasteiger partial charge in [-0.1, -0.05) is 42.5 Å². The number of anilines is 1. The van der Waals surface area contributed by atoms with Gasteiger partial charge in [-0.3, -0.25) is 4.72 Å². The summed E-state index contributed by atoms with van der Waals surface area (Å²) in [5, 5.41) is 4.42. The van der Waals surface area contributed by atoms with Gasteiger partial charge in [0.1, 0.15) is 0 Å². The second-order valence-electron chi connectivity index (χ2n) is 6.83. The predicted octanol–water partition coefficient (Wildman–Crippen LogP) is 4.07. The summed E-state index contributed by atoms with van der Waals surface area (Å²) >= 11 is 0. The first kappa shape index (κ1) is 19.9. The van der Waals surface area contributed by atoms with E-state index in [0.717, 1.165) is 35.4 Å². The minimum atomic E-state index is -3.88. The second-order valence-corrected chi connectivity index (χ2v) is 8.52. The second kappa shape index (κ2) is 8.16. The molecule has 4 rings (SSSR count). The highest BCUT2D eigenvalue weighted by Crippen LogP contribution is 2.26. The smallest absolute Gasteiger partial charge is 0.262 e. The topological polar surface area (TPSA) is 79.8 Å². The van der Waals surface area contributed by atoms with Crippen LogP contribution < -0.4 is 14.9 Å². The van der Waals surface area contributed by atoms with Crippen LogP contribution in [0.25, 0.3) is 0 Å². The minimum absolute atomic E-state index is 0.0834. The van der Waals surface area contributed by atoms with Crippen LogP contribution >= 0.6 is 0 Å². The largest absolute Gasteiger partial charge is 0.494 e. The molecule has 0 amide bonds. The van der Waals surface area contributed by atoms with Gasteiger partial charge < -0.3 is 10.2 Å². The van der Waals surface area contributed by atoms with Gasteiger partial charge in [0.25, 0.3) is 10.0 Å². The number of halogens is 1. The summed E-state index contributed by atoms with van der Waals surface area (Å²) in [6, 6.07) is 20.6. The number of nitrogens with one attached hydrogen (secondary N) is 2. The molecule has 3 aromatic carbocycles. The lowest BCUT2D eigenvalue weighted by atomic mass is 9.99. The van der Waals surface area contributed by atoms with Crippen LogP contribution in [-0.4, -0.2) is 21.2 Å². The first-order valence-electron chi connectivity index (χ1n) is 9.30. The lowest BCUT2D eigenvalue weighted by Gasteiger charge is -2.11. The molecule has 0 bridgehead atoms. The Bertz CT molecular complexity index is 1180. The van der Waals surface area contributed by atoms with Gasteiger partial charge in [-0.2, -0.15) is 5.10 Å². The number of hydrazone groups is 1. The molecule has 0 radical (unpaired) electrons. The van der Waals surface area contributed by atoms with Crippen LogP contribution in [0.15, 0.2) is 82.8 Å². The Morgan fingerprint density at radius 2 is 1.80 bits per heavy atom. The number of benzene rings is 3. The van der Waals surface area contributed by atoms with Crippen molar-refractivity contribution in [3.63, 3.8) is 0 Å². The SMILES string of the molecule is COc1cc(S(=O)(=O)Nc2ccc(C3=NNC(c4ccccc4)C3)cc2)ccc1F. The molecule has 0 aliphatic carbocycles. The van der Waals surface area contributed by atoms with Gasteiger partial charge in [0.15, 0.2) is 11.6 Å². The van der Waals surface area contributed by atoms with Crippen LogP contribution in [0.2, 0.25) is 0 Å². The zero-order chi connectivity index (χ0) is 21.1. The number of sulfonamides is 1. The van der Waals surface area contributed by atoms with E-state index < -0.39 is 15.8 Å². The normalized spacial score (nSPS) is 15.9. The Hall–Kier alpha value is -3.39. The van der Waals surface area contributed by atoms with Gasteiger partial charge >= 0.3 is 0 Å². The van der Waals surface area contributed by atoms with Crippen molar-refractivity contribution in [3.8, 4) is 5.75 Å². The molecule has 1 heterocycles. The van der Waals surface area contributed by atoms with E-state index >= 15 is 0 Å². The van der Waals surface area contributed by atoms with E-state index in [0.29, 0.717) is 5.69 Å². The van der Waals surface area contributed by atoms with Crippen molar-refractivity contribution < 1.29 is 17.5 Å².